The van der Waals surface area contributed by atoms with E-state index < -0.39 is 24.3 Å². The molecule has 0 aliphatic heterocycles. The van der Waals surface area contributed by atoms with Crippen LogP contribution in [-0.4, -0.2) is 42.7 Å². The highest BCUT2D eigenvalue weighted by atomic mass is 19.4. The molecule has 0 aliphatic rings. The highest BCUT2D eigenvalue weighted by Gasteiger charge is 2.30. The van der Waals surface area contributed by atoms with Gasteiger partial charge in [0.1, 0.15) is 11.5 Å². The van der Waals surface area contributed by atoms with Crippen molar-refractivity contribution in [2.75, 3.05) is 13.2 Å². The maximum absolute atomic E-state index is 12.1. The third-order valence-electron chi connectivity index (χ3n) is 4.00. The van der Waals surface area contributed by atoms with Gasteiger partial charge in [-0.3, -0.25) is 4.79 Å². The number of hydrogen-bond donors (Lipinski definition) is 2. The smallest absolute Gasteiger partial charge is 0.484 e. The molecule has 0 fully saturated rings. The first-order chi connectivity index (χ1) is 14.7. The number of carbonyl (C=O) groups is 2. The second-order valence-corrected chi connectivity index (χ2v) is 6.39. The average molecular weight is 441 g/mol. The van der Waals surface area contributed by atoms with Crippen LogP contribution in [-0.2, 0) is 27.3 Å². The number of benzene rings is 2. The van der Waals surface area contributed by atoms with Crippen molar-refractivity contribution in [2.24, 2.45) is 0 Å². The number of hydrogen-bond acceptors (Lipinski definition) is 5. The molecule has 10 heteroatoms. The quantitative estimate of drug-likeness (QED) is 0.556. The Balaban J connectivity index is 1.76. The Morgan fingerprint density at radius 3 is 2.13 bits per heavy atom. The normalized spacial score (nSPS) is 12.1. The number of carbonyl (C=O) groups excluding carboxylic acids is 1. The number of amides is 1. The second-order valence-electron chi connectivity index (χ2n) is 6.39. The van der Waals surface area contributed by atoms with Crippen molar-refractivity contribution in [2.45, 2.75) is 32.4 Å². The van der Waals surface area contributed by atoms with E-state index in [1.54, 1.807) is 31.2 Å². The standard InChI is InChI=1S/C21H22F3NO6/c1-2-29-18(20(27)28)11-14-3-7-16(8-4-14)30-13-19(26)25-12-15-5-9-17(10-6-15)31-21(22,23)24/h3-10,18H,2,11-13H2,1H3,(H,25,26)(H,27,28). The van der Waals surface area contributed by atoms with Crippen LogP contribution < -0.4 is 14.8 Å². The number of aliphatic carboxylic acids is 1. The fraction of sp³-hybridized carbons (Fsp3) is 0.333. The zero-order valence-electron chi connectivity index (χ0n) is 16.6. The molecule has 1 amide bonds. The van der Waals surface area contributed by atoms with Gasteiger partial charge in [0.15, 0.2) is 12.7 Å². The molecule has 1 atom stereocenters. The lowest BCUT2D eigenvalue weighted by Gasteiger charge is -2.13. The van der Waals surface area contributed by atoms with E-state index in [9.17, 15) is 22.8 Å². The summed E-state index contributed by atoms with van der Waals surface area (Å²) in [6.07, 6.45) is -5.49. The number of rotatable bonds is 11. The van der Waals surface area contributed by atoms with Gasteiger partial charge in [0, 0.05) is 19.6 Å². The van der Waals surface area contributed by atoms with Crippen molar-refractivity contribution in [1.82, 2.24) is 5.32 Å². The summed E-state index contributed by atoms with van der Waals surface area (Å²) < 4.78 is 50.7. The van der Waals surface area contributed by atoms with E-state index in [0.717, 1.165) is 17.7 Å². The van der Waals surface area contributed by atoms with Gasteiger partial charge in [-0.1, -0.05) is 24.3 Å². The fourth-order valence-corrected chi connectivity index (χ4v) is 2.56. The Morgan fingerprint density at radius 2 is 1.58 bits per heavy atom. The zero-order valence-corrected chi connectivity index (χ0v) is 16.6. The summed E-state index contributed by atoms with van der Waals surface area (Å²) in [6, 6.07) is 11.8. The fourth-order valence-electron chi connectivity index (χ4n) is 2.56. The Morgan fingerprint density at radius 1 is 1.00 bits per heavy atom. The van der Waals surface area contributed by atoms with Crippen molar-refractivity contribution in [3.8, 4) is 11.5 Å². The van der Waals surface area contributed by atoms with E-state index in [1.165, 1.54) is 12.1 Å². The third kappa shape index (κ3) is 8.95. The predicted octanol–water partition coefficient (Wildman–Crippen LogP) is 3.31. The van der Waals surface area contributed by atoms with Crippen LogP contribution in [0.5, 0.6) is 11.5 Å². The molecule has 2 rings (SSSR count). The molecule has 31 heavy (non-hydrogen) atoms. The van der Waals surface area contributed by atoms with Gasteiger partial charge in [0.2, 0.25) is 0 Å². The van der Waals surface area contributed by atoms with E-state index in [-0.39, 0.29) is 25.3 Å². The molecule has 0 spiro atoms. The van der Waals surface area contributed by atoms with E-state index in [1.807, 2.05) is 0 Å². The molecule has 2 aromatic rings. The van der Waals surface area contributed by atoms with Crippen molar-refractivity contribution in [3.63, 3.8) is 0 Å². The molecule has 0 aliphatic carbocycles. The minimum Gasteiger partial charge on any atom is -0.484 e. The van der Waals surface area contributed by atoms with Crippen LogP contribution in [0, 0.1) is 0 Å². The highest BCUT2D eigenvalue weighted by Crippen LogP contribution is 2.22. The van der Waals surface area contributed by atoms with Gasteiger partial charge < -0.3 is 24.6 Å². The minimum atomic E-state index is -4.76. The lowest BCUT2D eigenvalue weighted by atomic mass is 10.1. The molecule has 2 aromatic carbocycles. The van der Waals surface area contributed by atoms with Crippen LogP contribution in [0.4, 0.5) is 13.2 Å². The SMILES string of the molecule is CCOC(Cc1ccc(OCC(=O)NCc2ccc(OC(F)(F)F)cc2)cc1)C(=O)O. The molecule has 0 bridgehead atoms. The van der Waals surface area contributed by atoms with E-state index in [0.29, 0.717) is 17.9 Å². The Bertz CT molecular complexity index is 853. The molecule has 0 saturated heterocycles. The molecule has 0 aromatic heterocycles. The van der Waals surface area contributed by atoms with Crippen LogP contribution in [0.2, 0.25) is 0 Å². The number of carboxylic acids is 1. The summed E-state index contributed by atoms with van der Waals surface area (Å²) in [4.78, 5) is 23.0. The van der Waals surface area contributed by atoms with Crippen LogP contribution in [0.1, 0.15) is 18.1 Å². The largest absolute Gasteiger partial charge is 0.573 e. The molecular formula is C21H22F3NO6. The third-order valence-corrected chi connectivity index (χ3v) is 4.00. The highest BCUT2D eigenvalue weighted by molar-refractivity contribution is 5.77. The van der Waals surface area contributed by atoms with Crippen LogP contribution >= 0.6 is 0 Å². The summed E-state index contributed by atoms with van der Waals surface area (Å²) >= 11 is 0. The minimum absolute atomic E-state index is 0.113. The van der Waals surface area contributed by atoms with Crippen molar-refractivity contribution in [3.05, 3.63) is 59.7 Å². The summed E-state index contributed by atoms with van der Waals surface area (Å²) in [5.74, 6) is -1.37. The Kier molecular flexibility index (Phi) is 8.68. The van der Waals surface area contributed by atoms with Gasteiger partial charge in [-0.15, -0.1) is 13.2 Å². The molecule has 2 N–H and O–H groups in total. The number of alkyl halides is 3. The maximum Gasteiger partial charge on any atom is 0.573 e. The van der Waals surface area contributed by atoms with Gasteiger partial charge in [-0.2, -0.15) is 0 Å². The number of halogens is 3. The average Bonchev–Trinajstić information content (AvgIpc) is 2.71. The first kappa shape index (κ1) is 24.0. The van der Waals surface area contributed by atoms with E-state index >= 15 is 0 Å². The van der Waals surface area contributed by atoms with Gasteiger partial charge >= 0.3 is 12.3 Å². The van der Waals surface area contributed by atoms with Gasteiger partial charge in [0.25, 0.3) is 5.91 Å². The van der Waals surface area contributed by atoms with Gasteiger partial charge in [0.05, 0.1) is 0 Å². The number of ether oxygens (including phenoxy) is 3. The lowest BCUT2D eigenvalue weighted by Crippen LogP contribution is -2.28. The summed E-state index contributed by atoms with van der Waals surface area (Å²) in [6.45, 7) is 1.86. The van der Waals surface area contributed by atoms with E-state index in [4.69, 9.17) is 14.6 Å². The molecule has 1 unspecified atom stereocenters. The van der Waals surface area contributed by atoms with Gasteiger partial charge in [-0.25, -0.2) is 4.79 Å². The van der Waals surface area contributed by atoms with Crippen LogP contribution in [0.15, 0.2) is 48.5 Å². The summed E-state index contributed by atoms with van der Waals surface area (Å²) in [7, 11) is 0. The zero-order chi connectivity index (χ0) is 22.9. The molecule has 7 nitrogen and oxygen atoms in total. The van der Waals surface area contributed by atoms with E-state index in [2.05, 4.69) is 10.1 Å². The number of nitrogens with one attached hydrogen (secondary N) is 1. The first-order valence-electron chi connectivity index (χ1n) is 9.34. The van der Waals surface area contributed by atoms with Crippen molar-refractivity contribution in [1.29, 1.82) is 0 Å². The number of carboxylic acid groups (broad SMARTS) is 1. The van der Waals surface area contributed by atoms with Crippen molar-refractivity contribution >= 4 is 11.9 Å². The summed E-state index contributed by atoms with van der Waals surface area (Å²) in [5, 5.41) is 11.7. The monoisotopic (exact) mass is 441 g/mol. The Labute approximate surface area is 176 Å². The molecule has 168 valence electrons. The first-order valence-corrected chi connectivity index (χ1v) is 9.34. The predicted molar refractivity (Wildman–Crippen MR) is 104 cm³/mol. The van der Waals surface area contributed by atoms with Gasteiger partial charge in [-0.05, 0) is 42.3 Å². The summed E-state index contributed by atoms with van der Waals surface area (Å²) in [5.41, 5.74) is 1.34. The Hall–Kier alpha value is -3.27. The lowest BCUT2D eigenvalue weighted by molar-refractivity contribution is -0.274. The van der Waals surface area contributed by atoms with Crippen LogP contribution in [0.3, 0.4) is 0 Å². The molecule has 0 heterocycles. The molecule has 0 radical (unpaired) electrons. The second kappa shape index (κ2) is 11.2. The van der Waals surface area contributed by atoms with Crippen molar-refractivity contribution < 1.29 is 42.1 Å². The van der Waals surface area contributed by atoms with Crippen LogP contribution in [0.25, 0.3) is 0 Å². The molecule has 0 saturated carbocycles. The topological polar surface area (TPSA) is 94.1 Å². The maximum atomic E-state index is 12.1. The molecular weight excluding hydrogens is 419 g/mol.